The molecule has 1 rings (SSSR count). The summed E-state index contributed by atoms with van der Waals surface area (Å²) >= 11 is 6.17. The van der Waals surface area contributed by atoms with Crippen molar-refractivity contribution >= 4 is 11.6 Å². The number of benzene rings is 1. The molecule has 1 aromatic rings. The van der Waals surface area contributed by atoms with Crippen LogP contribution in [0.5, 0.6) is 11.5 Å². The van der Waals surface area contributed by atoms with E-state index in [1.54, 1.807) is 7.11 Å². The third kappa shape index (κ3) is 3.79. The molecule has 3 nitrogen and oxygen atoms in total. The molecule has 0 aliphatic heterocycles. The van der Waals surface area contributed by atoms with Crippen molar-refractivity contribution < 1.29 is 9.47 Å². The fourth-order valence-corrected chi connectivity index (χ4v) is 1.91. The predicted molar refractivity (Wildman–Crippen MR) is 71.1 cm³/mol. The molecule has 0 aliphatic rings. The molecule has 0 radical (unpaired) electrons. The SMILES string of the molecule is CCOc1c(Cl)cc(CC(N)CC)cc1OC. The van der Waals surface area contributed by atoms with Crippen molar-refractivity contribution in [2.45, 2.75) is 32.7 Å². The van der Waals surface area contributed by atoms with E-state index in [2.05, 4.69) is 6.92 Å². The van der Waals surface area contributed by atoms with Crippen molar-refractivity contribution in [2.75, 3.05) is 13.7 Å². The average Bonchev–Trinajstić information content (AvgIpc) is 2.32. The zero-order valence-electron chi connectivity index (χ0n) is 10.6. The van der Waals surface area contributed by atoms with E-state index in [4.69, 9.17) is 26.8 Å². The van der Waals surface area contributed by atoms with Gasteiger partial charge in [0.25, 0.3) is 0 Å². The number of hydrogen-bond acceptors (Lipinski definition) is 3. The fourth-order valence-electron chi connectivity index (χ4n) is 1.62. The second kappa shape index (κ2) is 6.72. The Kier molecular flexibility index (Phi) is 5.59. The Bertz CT molecular complexity index is 369. The first-order valence-electron chi connectivity index (χ1n) is 5.87. The molecule has 96 valence electrons. The molecule has 0 aliphatic carbocycles. The van der Waals surface area contributed by atoms with Gasteiger partial charge in [-0.05, 0) is 37.5 Å². The first-order chi connectivity index (χ1) is 8.12. The lowest BCUT2D eigenvalue weighted by Crippen LogP contribution is -2.21. The Labute approximate surface area is 108 Å². The van der Waals surface area contributed by atoms with Gasteiger partial charge >= 0.3 is 0 Å². The smallest absolute Gasteiger partial charge is 0.179 e. The Morgan fingerprint density at radius 1 is 1.35 bits per heavy atom. The van der Waals surface area contributed by atoms with Gasteiger partial charge in [0, 0.05) is 6.04 Å². The lowest BCUT2D eigenvalue weighted by Gasteiger charge is -2.14. The summed E-state index contributed by atoms with van der Waals surface area (Å²) in [6.07, 6.45) is 1.73. The van der Waals surface area contributed by atoms with E-state index in [-0.39, 0.29) is 6.04 Å². The van der Waals surface area contributed by atoms with Crippen molar-refractivity contribution in [2.24, 2.45) is 5.73 Å². The molecule has 0 saturated heterocycles. The van der Waals surface area contributed by atoms with Gasteiger partial charge in [0.1, 0.15) is 0 Å². The van der Waals surface area contributed by atoms with E-state index in [0.717, 1.165) is 18.4 Å². The predicted octanol–water partition coefficient (Wildman–Crippen LogP) is 3.03. The van der Waals surface area contributed by atoms with Crippen LogP contribution < -0.4 is 15.2 Å². The number of methoxy groups -OCH3 is 1. The molecule has 1 unspecified atom stereocenters. The molecular weight excluding hydrogens is 238 g/mol. The Balaban J connectivity index is 3.00. The zero-order chi connectivity index (χ0) is 12.8. The minimum Gasteiger partial charge on any atom is -0.493 e. The van der Waals surface area contributed by atoms with Gasteiger partial charge < -0.3 is 15.2 Å². The highest BCUT2D eigenvalue weighted by molar-refractivity contribution is 6.32. The summed E-state index contributed by atoms with van der Waals surface area (Å²) in [5, 5.41) is 0.574. The summed E-state index contributed by atoms with van der Waals surface area (Å²) in [7, 11) is 1.61. The van der Waals surface area contributed by atoms with Gasteiger partial charge in [0.05, 0.1) is 18.7 Å². The van der Waals surface area contributed by atoms with Gasteiger partial charge in [-0.2, -0.15) is 0 Å². The van der Waals surface area contributed by atoms with Gasteiger partial charge in [0.15, 0.2) is 11.5 Å². The van der Waals surface area contributed by atoms with E-state index >= 15 is 0 Å². The molecule has 0 bridgehead atoms. The lowest BCUT2D eigenvalue weighted by atomic mass is 10.0. The maximum absolute atomic E-state index is 6.17. The number of rotatable bonds is 6. The van der Waals surface area contributed by atoms with Crippen LogP contribution in [-0.4, -0.2) is 19.8 Å². The maximum atomic E-state index is 6.17. The highest BCUT2D eigenvalue weighted by Crippen LogP contribution is 2.36. The Hall–Kier alpha value is -0.930. The quantitative estimate of drug-likeness (QED) is 0.852. The molecule has 0 fully saturated rings. The molecule has 0 saturated carbocycles. The summed E-state index contributed by atoms with van der Waals surface area (Å²) in [5.74, 6) is 1.27. The minimum atomic E-state index is 0.147. The van der Waals surface area contributed by atoms with Crippen molar-refractivity contribution in [1.82, 2.24) is 0 Å². The minimum absolute atomic E-state index is 0.147. The topological polar surface area (TPSA) is 44.5 Å². The van der Waals surface area contributed by atoms with Crippen molar-refractivity contribution in [1.29, 1.82) is 0 Å². The van der Waals surface area contributed by atoms with Crippen LogP contribution in [0.4, 0.5) is 0 Å². The van der Waals surface area contributed by atoms with Crippen LogP contribution in [0.15, 0.2) is 12.1 Å². The monoisotopic (exact) mass is 257 g/mol. The lowest BCUT2D eigenvalue weighted by molar-refractivity contribution is 0.311. The maximum Gasteiger partial charge on any atom is 0.179 e. The molecule has 0 heterocycles. The van der Waals surface area contributed by atoms with Gasteiger partial charge in [0.2, 0.25) is 0 Å². The van der Waals surface area contributed by atoms with E-state index in [1.165, 1.54) is 0 Å². The number of nitrogens with two attached hydrogens (primary N) is 1. The van der Waals surface area contributed by atoms with Crippen molar-refractivity contribution in [3.05, 3.63) is 22.7 Å². The molecule has 2 N–H and O–H groups in total. The third-order valence-corrected chi connectivity index (χ3v) is 2.88. The summed E-state index contributed by atoms with van der Waals surface area (Å²) < 4.78 is 10.7. The normalized spacial score (nSPS) is 12.3. The number of hydrogen-bond donors (Lipinski definition) is 1. The third-order valence-electron chi connectivity index (χ3n) is 2.60. The van der Waals surface area contributed by atoms with E-state index in [1.807, 2.05) is 19.1 Å². The van der Waals surface area contributed by atoms with E-state index in [0.29, 0.717) is 23.1 Å². The van der Waals surface area contributed by atoms with Crippen LogP contribution in [0.3, 0.4) is 0 Å². The molecule has 0 amide bonds. The first-order valence-corrected chi connectivity index (χ1v) is 6.24. The second-order valence-corrected chi connectivity index (χ2v) is 4.32. The number of halogens is 1. The molecule has 4 heteroatoms. The fraction of sp³-hybridized carbons (Fsp3) is 0.538. The molecule has 0 aromatic heterocycles. The standard InChI is InChI=1S/C13H20ClNO2/c1-4-10(15)6-9-7-11(14)13(17-5-2)12(8-9)16-3/h7-8,10H,4-6,15H2,1-3H3. The van der Waals surface area contributed by atoms with E-state index < -0.39 is 0 Å². The number of ether oxygens (including phenoxy) is 2. The van der Waals surface area contributed by atoms with Crippen LogP contribution in [0.2, 0.25) is 5.02 Å². The van der Waals surface area contributed by atoms with Gasteiger partial charge in [-0.1, -0.05) is 18.5 Å². The average molecular weight is 258 g/mol. The van der Waals surface area contributed by atoms with Crippen LogP contribution in [-0.2, 0) is 6.42 Å². The van der Waals surface area contributed by atoms with Crippen LogP contribution in [0, 0.1) is 0 Å². The summed E-state index contributed by atoms with van der Waals surface area (Å²) in [5.41, 5.74) is 7.00. The zero-order valence-corrected chi connectivity index (χ0v) is 11.4. The highest BCUT2D eigenvalue weighted by atomic mass is 35.5. The Morgan fingerprint density at radius 2 is 2.06 bits per heavy atom. The molecule has 17 heavy (non-hydrogen) atoms. The van der Waals surface area contributed by atoms with Gasteiger partial charge in [-0.25, -0.2) is 0 Å². The van der Waals surface area contributed by atoms with Crippen molar-refractivity contribution in [3.63, 3.8) is 0 Å². The molecule has 0 spiro atoms. The van der Waals surface area contributed by atoms with Crippen LogP contribution in [0.1, 0.15) is 25.8 Å². The molecule has 1 atom stereocenters. The summed E-state index contributed by atoms with van der Waals surface area (Å²) in [6, 6.07) is 3.98. The summed E-state index contributed by atoms with van der Waals surface area (Å²) in [6.45, 7) is 4.54. The van der Waals surface area contributed by atoms with Gasteiger partial charge in [-0.15, -0.1) is 0 Å². The molecular formula is C13H20ClNO2. The first kappa shape index (κ1) is 14.1. The van der Waals surface area contributed by atoms with Crippen LogP contribution >= 0.6 is 11.6 Å². The molecule has 1 aromatic carbocycles. The highest BCUT2D eigenvalue weighted by Gasteiger charge is 2.12. The van der Waals surface area contributed by atoms with Crippen LogP contribution in [0.25, 0.3) is 0 Å². The Morgan fingerprint density at radius 3 is 2.59 bits per heavy atom. The van der Waals surface area contributed by atoms with Gasteiger partial charge in [-0.3, -0.25) is 0 Å². The van der Waals surface area contributed by atoms with Crippen molar-refractivity contribution in [3.8, 4) is 11.5 Å². The largest absolute Gasteiger partial charge is 0.493 e. The summed E-state index contributed by atoms with van der Waals surface area (Å²) in [4.78, 5) is 0. The second-order valence-electron chi connectivity index (χ2n) is 3.91. The van der Waals surface area contributed by atoms with E-state index in [9.17, 15) is 0 Å².